The molecule has 3 fully saturated rings. The Kier molecular flexibility index (Phi) is 10.7. The van der Waals surface area contributed by atoms with Crippen molar-refractivity contribution in [1.82, 2.24) is 25.3 Å². The Morgan fingerprint density at radius 2 is 1.90 bits per heavy atom. The Morgan fingerprint density at radius 1 is 1.17 bits per heavy atom. The second kappa shape index (κ2) is 12.7. The van der Waals surface area contributed by atoms with E-state index in [0.29, 0.717) is 12.1 Å². The molecule has 3 saturated heterocycles. The fourth-order valence-corrected chi connectivity index (χ4v) is 4.08. The zero-order valence-corrected chi connectivity index (χ0v) is 20.6. The first-order valence-electron chi connectivity index (χ1n) is 10.9. The molecule has 1 aromatic rings. The third-order valence-corrected chi connectivity index (χ3v) is 6.08. The van der Waals surface area contributed by atoms with Crippen LogP contribution in [0.4, 0.5) is 0 Å². The standard InChI is InChI=1S/C22H38N6.HI/c1-4-23-22(25-16-21-18-27-12-14-28(21)15-13-27)24-11-10-19(2)26(3)17-20-8-6-5-7-9-20;/h5-9,19,21H,4,10-18H2,1-3H3,(H2,23,24,25);1H. The molecule has 2 atom stereocenters. The zero-order valence-electron chi connectivity index (χ0n) is 18.3. The normalized spacial score (nSPS) is 24.8. The average Bonchev–Trinajstić information content (AvgIpc) is 2.73. The first-order valence-corrected chi connectivity index (χ1v) is 10.9. The minimum absolute atomic E-state index is 0. The highest BCUT2D eigenvalue weighted by Crippen LogP contribution is 2.15. The maximum atomic E-state index is 4.88. The van der Waals surface area contributed by atoms with Crippen molar-refractivity contribution in [2.24, 2.45) is 4.99 Å². The molecule has 2 bridgehead atoms. The van der Waals surface area contributed by atoms with Crippen LogP contribution in [0.25, 0.3) is 0 Å². The third kappa shape index (κ3) is 7.70. The number of nitrogens with zero attached hydrogens (tertiary/aromatic N) is 4. The van der Waals surface area contributed by atoms with E-state index in [0.717, 1.165) is 38.6 Å². The number of piperazine rings is 3. The highest BCUT2D eigenvalue weighted by molar-refractivity contribution is 14.0. The van der Waals surface area contributed by atoms with E-state index in [1.807, 2.05) is 0 Å². The Balaban J connectivity index is 0.00000300. The van der Waals surface area contributed by atoms with Crippen LogP contribution in [0.1, 0.15) is 25.8 Å². The molecule has 29 heavy (non-hydrogen) atoms. The van der Waals surface area contributed by atoms with Gasteiger partial charge in [-0.15, -0.1) is 24.0 Å². The molecule has 0 saturated carbocycles. The molecule has 0 aliphatic carbocycles. The minimum atomic E-state index is 0. The summed E-state index contributed by atoms with van der Waals surface area (Å²) >= 11 is 0. The molecular formula is C22H39IN6. The molecule has 3 heterocycles. The largest absolute Gasteiger partial charge is 0.357 e. The molecule has 0 spiro atoms. The van der Waals surface area contributed by atoms with Crippen LogP contribution in [0.2, 0.25) is 0 Å². The van der Waals surface area contributed by atoms with Crippen LogP contribution in [0.15, 0.2) is 35.3 Å². The fourth-order valence-electron chi connectivity index (χ4n) is 4.08. The van der Waals surface area contributed by atoms with E-state index in [9.17, 15) is 0 Å². The average molecular weight is 515 g/mol. The molecule has 3 aliphatic heterocycles. The van der Waals surface area contributed by atoms with Gasteiger partial charge in [0.25, 0.3) is 0 Å². The summed E-state index contributed by atoms with van der Waals surface area (Å²) in [6.45, 7) is 14.2. The van der Waals surface area contributed by atoms with Crippen molar-refractivity contribution < 1.29 is 0 Å². The maximum absolute atomic E-state index is 4.88. The van der Waals surface area contributed by atoms with Crippen molar-refractivity contribution >= 4 is 29.9 Å². The summed E-state index contributed by atoms with van der Waals surface area (Å²) in [5.74, 6) is 0.957. The number of halogens is 1. The van der Waals surface area contributed by atoms with Gasteiger partial charge in [0, 0.05) is 64.4 Å². The molecule has 0 aromatic heterocycles. The van der Waals surface area contributed by atoms with E-state index in [4.69, 9.17) is 4.99 Å². The van der Waals surface area contributed by atoms with E-state index in [1.165, 1.54) is 38.3 Å². The first-order chi connectivity index (χ1) is 13.7. The van der Waals surface area contributed by atoms with Gasteiger partial charge in [-0.25, -0.2) is 0 Å². The Bertz CT molecular complexity index is 603. The predicted molar refractivity (Wildman–Crippen MR) is 133 cm³/mol. The van der Waals surface area contributed by atoms with E-state index in [1.54, 1.807) is 0 Å². The van der Waals surface area contributed by atoms with Gasteiger partial charge in [0.1, 0.15) is 0 Å². The molecule has 6 nitrogen and oxygen atoms in total. The third-order valence-electron chi connectivity index (χ3n) is 6.08. The topological polar surface area (TPSA) is 46.1 Å². The van der Waals surface area contributed by atoms with Gasteiger partial charge in [0.15, 0.2) is 5.96 Å². The van der Waals surface area contributed by atoms with Crippen molar-refractivity contribution in [2.45, 2.75) is 38.9 Å². The number of rotatable bonds is 9. The summed E-state index contributed by atoms with van der Waals surface area (Å²) in [4.78, 5) is 12.5. The maximum Gasteiger partial charge on any atom is 0.191 e. The van der Waals surface area contributed by atoms with Gasteiger partial charge < -0.3 is 10.6 Å². The molecule has 2 unspecified atom stereocenters. The number of benzene rings is 1. The molecule has 4 rings (SSSR count). The number of guanidine groups is 1. The molecule has 0 amide bonds. The van der Waals surface area contributed by atoms with Crippen LogP contribution in [-0.2, 0) is 6.54 Å². The molecule has 2 N–H and O–H groups in total. The lowest BCUT2D eigenvalue weighted by molar-refractivity contribution is 0.0174. The number of hydrogen-bond donors (Lipinski definition) is 2. The summed E-state index contributed by atoms with van der Waals surface area (Å²) in [6.07, 6.45) is 1.09. The second-order valence-electron chi connectivity index (χ2n) is 8.18. The van der Waals surface area contributed by atoms with Crippen molar-refractivity contribution in [1.29, 1.82) is 0 Å². The summed E-state index contributed by atoms with van der Waals surface area (Å²) < 4.78 is 0. The highest BCUT2D eigenvalue weighted by atomic mass is 127. The smallest absolute Gasteiger partial charge is 0.191 e. The van der Waals surface area contributed by atoms with Crippen LogP contribution in [0.5, 0.6) is 0 Å². The lowest BCUT2D eigenvalue weighted by Gasteiger charge is -2.47. The van der Waals surface area contributed by atoms with E-state index >= 15 is 0 Å². The van der Waals surface area contributed by atoms with E-state index in [2.05, 4.69) is 76.6 Å². The number of nitrogens with one attached hydrogen (secondary N) is 2. The quantitative estimate of drug-likeness (QED) is 0.300. The lowest BCUT2D eigenvalue weighted by Crippen LogP contribution is -2.62. The van der Waals surface area contributed by atoms with Gasteiger partial charge in [-0.1, -0.05) is 30.3 Å². The predicted octanol–water partition coefficient (Wildman–Crippen LogP) is 2.07. The second-order valence-corrected chi connectivity index (χ2v) is 8.18. The van der Waals surface area contributed by atoms with Gasteiger partial charge in [0.05, 0.1) is 6.54 Å². The van der Waals surface area contributed by atoms with Crippen molar-refractivity contribution in [3.8, 4) is 0 Å². The molecule has 164 valence electrons. The van der Waals surface area contributed by atoms with Crippen LogP contribution in [0.3, 0.4) is 0 Å². The molecule has 7 heteroatoms. The van der Waals surface area contributed by atoms with Crippen LogP contribution < -0.4 is 10.6 Å². The molecule has 3 aliphatic rings. The lowest BCUT2D eigenvalue weighted by atomic mass is 10.1. The first kappa shape index (κ1) is 24.4. The fraction of sp³-hybridized carbons (Fsp3) is 0.682. The van der Waals surface area contributed by atoms with Crippen LogP contribution >= 0.6 is 24.0 Å². The van der Waals surface area contributed by atoms with E-state index < -0.39 is 0 Å². The zero-order chi connectivity index (χ0) is 19.8. The highest BCUT2D eigenvalue weighted by Gasteiger charge is 2.31. The Hall–Kier alpha value is -0.900. The summed E-state index contributed by atoms with van der Waals surface area (Å²) in [5, 5.41) is 6.94. The number of hydrogen-bond acceptors (Lipinski definition) is 4. The number of fused-ring (bicyclic) bond motifs is 3. The monoisotopic (exact) mass is 514 g/mol. The van der Waals surface area contributed by atoms with Gasteiger partial charge in [-0.05, 0) is 32.9 Å². The summed E-state index contributed by atoms with van der Waals surface area (Å²) in [7, 11) is 2.21. The van der Waals surface area contributed by atoms with Crippen LogP contribution in [-0.4, -0.2) is 92.1 Å². The van der Waals surface area contributed by atoms with Gasteiger partial charge >= 0.3 is 0 Å². The van der Waals surface area contributed by atoms with Crippen molar-refractivity contribution in [2.75, 3.05) is 59.4 Å². The molecule has 1 aromatic carbocycles. The number of aliphatic imine (C=N–C) groups is 1. The van der Waals surface area contributed by atoms with Crippen LogP contribution in [0, 0.1) is 0 Å². The minimum Gasteiger partial charge on any atom is -0.357 e. The Morgan fingerprint density at radius 3 is 2.52 bits per heavy atom. The summed E-state index contributed by atoms with van der Waals surface area (Å²) in [5.41, 5.74) is 1.37. The van der Waals surface area contributed by atoms with Gasteiger partial charge in [-0.2, -0.15) is 0 Å². The Labute approximate surface area is 194 Å². The van der Waals surface area contributed by atoms with Gasteiger partial charge in [-0.3, -0.25) is 19.7 Å². The van der Waals surface area contributed by atoms with Crippen molar-refractivity contribution in [3.05, 3.63) is 35.9 Å². The summed E-state index contributed by atoms with van der Waals surface area (Å²) in [6, 6.07) is 11.8. The SMILES string of the molecule is CCNC(=NCC1CN2CCN1CC2)NCCC(C)N(C)Cc1ccccc1.I. The molecule has 0 radical (unpaired) electrons. The van der Waals surface area contributed by atoms with Crippen molar-refractivity contribution in [3.63, 3.8) is 0 Å². The molecular weight excluding hydrogens is 475 g/mol. The van der Waals surface area contributed by atoms with Gasteiger partial charge in [0.2, 0.25) is 0 Å². The van der Waals surface area contributed by atoms with E-state index in [-0.39, 0.29) is 24.0 Å².